The largest absolute Gasteiger partial charge is 0.478 e. The summed E-state index contributed by atoms with van der Waals surface area (Å²) in [6, 6.07) is 7.14. The van der Waals surface area contributed by atoms with Crippen LogP contribution in [0.4, 0.5) is 0 Å². The second-order valence-corrected chi connectivity index (χ2v) is 4.10. The molecule has 0 atom stereocenters. The molecule has 2 aromatic rings. The van der Waals surface area contributed by atoms with Crippen LogP contribution in [-0.4, -0.2) is 20.9 Å². The molecule has 1 N–H and O–H groups in total. The van der Waals surface area contributed by atoms with Crippen LogP contribution in [0.3, 0.4) is 0 Å². The van der Waals surface area contributed by atoms with Crippen molar-refractivity contribution in [3.8, 4) is 0 Å². The number of aromatic nitrogens is 2. The van der Waals surface area contributed by atoms with Gasteiger partial charge in [0.25, 0.3) is 0 Å². The third-order valence-corrected chi connectivity index (χ3v) is 2.93. The first kappa shape index (κ1) is 13.0. The van der Waals surface area contributed by atoms with E-state index in [2.05, 4.69) is 5.10 Å². The van der Waals surface area contributed by atoms with Crippen molar-refractivity contribution in [2.75, 3.05) is 0 Å². The Morgan fingerprint density at radius 3 is 2.84 bits per heavy atom. The lowest BCUT2D eigenvalue weighted by Gasteiger charge is -2.07. The van der Waals surface area contributed by atoms with Gasteiger partial charge >= 0.3 is 5.97 Å². The number of aliphatic carboxylic acids is 1. The lowest BCUT2D eigenvalue weighted by molar-refractivity contribution is -0.132. The highest BCUT2D eigenvalue weighted by Gasteiger charge is 2.05. The van der Waals surface area contributed by atoms with E-state index >= 15 is 0 Å². The first-order valence-corrected chi connectivity index (χ1v) is 6.00. The summed E-state index contributed by atoms with van der Waals surface area (Å²) < 4.78 is 1.62. The van der Waals surface area contributed by atoms with E-state index in [-0.39, 0.29) is 5.43 Å². The van der Waals surface area contributed by atoms with E-state index in [1.54, 1.807) is 35.9 Å². The number of carbonyl (C=O) groups is 1. The van der Waals surface area contributed by atoms with Gasteiger partial charge in [0.15, 0.2) is 0 Å². The van der Waals surface area contributed by atoms with Crippen LogP contribution in [-0.2, 0) is 11.3 Å². The predicted octanol–water partition coefficient (Wildman–Crippen LogP) is 1.82. The molecular formula is C14H14N2O3. The highest BCUT2D eigenvalue weighted by atomic mass is 16.4. The van der Waals surface area contributed by atoms with E-state index in [0.717, 1.165) is 0 Å². The van der Waals surface area contributed by atoms with Gasteiger partial charge in [0, 0.05) is 11.0 Å². The summed E-state index contributed by atoms with van der Waals surface area (Å²) in [4.78, 5) is 22.6. The fraction of sp³-hybridized carbons (Fsp3) is 0.214. The number of carboxylic acid groups (broad SMARTS) is 1. The van der Waals surface area contributed by atoms with E-state index in [0.29, 0.717) is 29.4 Å². The van der Waals surface area contributed by atoms with Crippen LogP contribution in [0.15, 0.2) is 46.9 Å². The molecule has 0 aliphatic rings. The van der Waals surface area contributed by atoms with Crippen LogP contribution in [0.1, 0.15) is 13.3 Å². The van der Waals surface area contributed by atoms with Crippen LogP contribution in [0, 0.1) is 0 Å². The minimum Gasteiger partial charge on any atom is -0.478 e. The maximum atomic E-state index is 11.6. The van der Waals surface area contributed by atoms with Gasteiger partial charge in [-0.25, -0.2) is 4.79 Å². The molecule has 2 rings (SSSR count). The topological polar surface area (TPSA) is 72.2 Å². The van der Waals surface area contributed by atoms with Gasteiger partial charge in [0.05, 0.1) is 18.3 Å². The quantitative estimate of drug-likeness (QED) is 0.849. The average molecular weight is 258 g/mol. The van der Waals surface area contributed by atoms with Gasteiger partial charge in [-0.05, 0) is 18.6 Å². The Morgan fingerprint density at radius 2 is 2.16 bits per heavy atom. The van der Waals surface area contributed by atoms with Crippen LogP contribution in [0.25, 0.3) is 10.9 Å². The summed E-state index contributed by atoms with van der Waals surface area (Å²) in [6.07, 6.45) is 3.32. The van der Waals surface area contributed by atoms with E-state index in [4.69, 9.17) is 5.11 Å². The van der Waals surface area contributed by atoms with E-state index in [9.17, 15) is 9.59 Å². The Hall–Kier alpha value is -2.43. The summed E-state index contributed by atoms with van der Waals surface area (Å²) >= 11 is 0. The van der Waals surface area contributed by atoms with Gasteiger partial charge < -0.3 is 5.11 Å². The molecule has 19 heavy (non-hydrogen) atoms. The minimum atomic E-state index is -0.923. The SMILES string of the molecule is CCC(=CCn1ncc(=O)c2ccccc21)C(=O)O. The number of nitrogens with zero attached hydrogens (tertiary/aromatic N) is 2. The van der Waals surface area contributed by atoms with Crippen molar-refractivity contribution in [2.45, 2.75) is 19.9 Å². The van der Waals surface area contributed by atoms with Crippen molar-refractivity contribution < 1.29 is 9.90 Å². The molecule has 0 fully saturated rings. The number of hydrogen-bond acceptors (Lipinski definition) is 3. The Labute approximate surface area is 109 Å². The van der Waals surface area contributed by atoms with Gasteiger partial charge in [0.2, 0.25) is 5.43 Å². The van der Waals surface area contributed by atoms with Crippen LogP contribution in [0.5, 0.6) is 0 Å². The Kier molecular flexibility index (Phi) is 3.75. The minimum absolute atomic E-state index is 0.134. The van der Waals surface area contributed by atoms with E-state index in [1.165, 1.54) is 6.20 Å². The molecule has 5 heteroatoms. The standard InChI is InChI=1S/C14H14N2O3/c1-2-10(14(18)19)7-8-16-12-6-4-3-5-11(12)13(17)9-15-16/h3-7,9H,2,8H2,1H3,(H,18,19). The molecule has 0 radical (unpaired) electrons. The molecular weight excluding hydrogens is 244 g/mol. The Bertz CT molecular complexity index is 701. The second-order valence-electron chi connectivity index (χ2n) is 4.10. The zero-order chi connectivity index (χ0) is 13.8. The number of fused-ring (bicyclic) bond motifs is 1. The molecule has 5 nitrogen and oxygen atoms in total. The first-order chi connectivity index (χ1) is 9.13. The van der Waals surface area contributed by atoms with Crippen LogP contribution in [0.2, 0.25) is 0 Å². The normalized spacial score (nSPS) is 11.7. The number of allylic oxidation sites excluding steroid dienone is 1. The number of rotatable bonds is 4. The molecule has 1 aromatic carbocycles. The number of para-hydroxylation sites is 1. The van der Waals surface area contributed by atoms with Crippen molar-refractivity contribution in [1.82, 2.24) is 9.78 Å². The summed E-state index contributed by atoms with van der Waals surface area (Å²) in [6.45, 7) is 2.12. The van der Waals surface area contributed by atoms with Crippen molar-refractivity contribution >= 4 is 16.9 Å². The van der Waals surface area contributed by atoms with Crippen molar-refractivity contribution in [1.29, 1.82) is 0 Å². The average Bonchev–Trinajstić information content (AvgIpc) is 2.42. The number of hydrogen-bond donors (Lipinski definition) is 1. The first-order valence-electron chi connectivity index (χ1n) is 6.00. The van der Waals surface area contributed by atoms with Crippen molar-refractivity contribution in [2.24, 2.45) is 0 Å². The molecule has 0 saturated carbocycles. The highest BCUT2D eigenvalue weighted by molar-refractivity contribution is 5.86. The van der Waals surface area contributed by atoms with Gasteiger partial charge in [-0.15, -0.1) is 0 Å². The number of benzene rings is 1. The molecule has 0 saturated heterocycles. The van der Waals surface area contributed by atoms with Gasteiger partial charge in [-0.1, -0.05) is 25.1 Å². The fourth-order valence-electron chi connectivity index (χ4n) is 1.89. The Balaban J connectivity index is 2.45. The van der Waals surface area contributed by atoms with Crippen molar-refractivity contribution in [3.05, 3.63) is 52.3 Å². The van der Waals surface area contributed by atoms with Gasteiger partial charge in [-0.2, -0.15) is 5.10 Å². The van der Waals surface area contributed by atoms with Gasteiger partial charge in [0.1, 0.15) is 0 Å². The molecule has 0 aliphatic carbocycles. The summed E-state index contributed by atoms with van der Waals surface area (Å²) in [5.41, 5.74) is 0.904. The molecule has 0 bridgehead atoms. The molecule has 1 aromatic heterocycles. The summed E-state index contributed by atoms with van der Waals surface area (Å²) in [5, 5.41) is 13.6. The lowest BCUT2D eigenvalue weighted by atomic mass is 10.2. The molecule has 0 aliphatic heterocycles. The zero-order valence-electron chi connectivity index (χ0n) is 10.5. The predicted molar refractivity (Wildman–Crippen MR) is 72.0 cm³/mol. The number of carboxylic acids is 1. The second kappa shape index (κ2) is 5.48. The monoisotopic (exact) mass is 258 g/mol. The van der Waals surface area contributed by atoms with E-state index < -0.39 is 5.97 Å². The summed E-state index contributed by atoms with van der Waals surface area (Å²) in [5.74, 6) is -0.923. The summed E-state index contributed by atoms with van der Waals surface area (Å²) in [7, 11) is 0. The highest BCUT2D eigenvalue weighted by Crippen LogP contribution is 2.09. The van der Waals surface area contributed by atoms with Crippen LogP contribution < -0.4 is 5.43 Å². The third-order valence-electron chi connectivity index (χ3n) is 2.93. The Morgan fingerprint density at radius 1 is 1.42 bits per heavy atom. The lowest BCUT2D eigenvalue weighted by Crippen LogP contribution is -2.12. The smallest absolute Gasteiger partial charge is 0.331 e. The van der Waals surface area contributed by atoms with Crippen molar-refractivity contribution in [3.63, 3.8) is 0 Å². The molecule has 0 unspecified atom stereocenters. The zero-order valence-corrected chi connectivity index (χ0v) is 10.5. The maximum absolute atomic E-state index is 11.6. The molecule has 0 amide bonds. The maximum Gasteiger partial charge on any atom is 0.331 e. The molecule has 98 valence electrons. The van der Waals surface area contributed by atoms with Gasteiger partial charge in [-0.3, -0.25) is 9.48 Å². The molecule has 0 spiro atoms. The molecule has 1 heterocycles. The van der Waals surface area contributed by atoms with E-state index in [1.807, 2.05) is 6.07 Å². The fourth-order valence-corrected chi connectivity index (χ4v) is 1.89. The third kappa shape index (κ3) is 2.70. The van der Waals surface area contributed by atoms with Crippen LogP contribution >= 0.6 is 0 Å².